The third kappa shape index (κ3) is 3.36. The fourth-order valence-electron chi connectivity index (χ4n) is 1.68. The Morgan fingerprint density at radius 1 is 1.47 bits per heavy atom. The molecule has 0 bridgehead atoms. The zero-order valence-electron chi connectivity index (χ0n) is 9.36. The third-order valence-corrected chi connectivity index (χ3v) is 3.24. The van der Waals surface area contributed by atoms with Crippen LogP contribution in [0.4, 0.5) is 0 Å². The zero-order valence-corrected chi connectivity index (χ0v) is 10.9. The molecule has 0 aliphatic heterocycles. The molecule has 0 radical (unpaired) electrons. The number of hydrogen-bond acceptors (Lipinski definition) is 2. The average Bonchev–Trinajstić information content (AvgIpc) is 2.33. The van der Waals surface area contributed by atoms with Crippen LogP contribution in [0, 0.1) is 11.3 Å². The molecule has 1 atom stereocenters. The van der Waals surface area contributed by atoms with E-state index in [4.69, 9.17) is 28.5 Å². The molecule has 0 N–H and O–H groups in total. The highest BCUT2D eigenvalue weighted by Crippen LogP contribution is 2.29. The van der Waals surface area contributed by atoms with Crippen LogP contribution in [-0.2, 0) is 4.79 Å². The Kier molecular flexibility index (Phi) is 5.27. The summed E-state index contributed by atoms with van der Waals surface area (Å²) in [5, 5.41) is 9.58. The Hall–Kier alpha value is -1.24. The highest BCUT2D eigenvalue weighted by molar-refractivity contribution is 6.42. The minimum Gasteiger partial charge on any atom is -0.325 e. The number of amides is 1. The van der Waals surface area contributed by atoms with Gasteiger partial charge in [-0.3, -0.25) is 4.79 Å². The number of carbonyl (C=O) groups is 1. The van der Waals surface area contributed by atoms with Crippen molar-refractivity contribution in [3.05, 3.63) is 33.8 Å². The first kappa shape index (κ1) is 13.8. The lowest BCUT2D eigenvalue weighted by molar-refractivity contribution is -0.119. The lowest BCUT2D eigenvalue weighted by Gasteiger charge is -2.25. The topological polar surface area (TPSA) is 44.1 Å². The molecule has 0 aromatic heterocycles. The number of nitrogens with zero attached hydrogens (tertiary/aromatic N) is 2. The second-order valence-electron chi connectivity index (χ2n) is 3.53. The van der Waals surface area contributed by atoms with E-state index in [0.717, 1.165) is 5.56 Å². The maximum absolute atomic E-state index is 10.9. The molecule has 17 heavy (non-hydrogen) atoms. The van der Waals surface area contributed by atoms with Gasteiger partial charge in [-0.25, -0.2) is 0 Å². The molecule has 1 aromatic rings. The van der Waals surface area contributed by atoms with E-state index >= 15 is 0 Å². The molecule has 0 fully saturated rings. The number of rotatable bonds is 5. The molecule has 0 aliphatic rings. The number of halogens is 2. The Labute approximate surface area is 111 Å². The fraction of sp³-hybridized carbons (Fsp3) is 0.333. The molecule has 1 amide bonds. The Balaban J connectivity index is 3.04. The SMILES string of the molecule is CCC(c1ccc(Cl)c(Cl)c1)N(C=O)CC#N. The van der Waals surface area contributed by atoms with Crippen molar-refractivity contribution in [1.29, 1.82) is 5.26 Å². The highest BCUT2D eigenvalue weighted by Gasteiger charge is 2.17. The predicted molar refractivity (Wildman–Crippen MR) is 67.9 cm³/mol. The van der Waals surface area contributed by atoms with Crippen molar-refractivity contribution >= 4 is 29.6 Å². The minimum absolute atomic E-state index is 0.0578. The summed E-state index contributed by atoms with van der Waals surface area (Å²) >= 11 is 11.8. The van der Waals surface area contributed by atoms with Crippen molar-refractivity contribution in [2.24, 2.45) is 0 Å². The molecule has 1 aromatic carbocycles. The van der Waals surface area contributed by atoms with Gasteiger partial charge in [-0.05, 0) is 24.1 Å². The normalized spacial score (nSPS) is 11.6. The van der Waals surface area contributed by atoms with Gasteiger partial charge in [-0.15, -0.1) is 0 Å². The number of carbonyl (C=O) groups excluding carboxylic acids is 1. The molecular formula is C12H12Cl2N2O. The molecule has 0 saturated heterocycles. The largest absolute Gasteiger partial charge is 0.325 e. The summed E-state index contributed by atoms with van der Waals surface area (Å²) in [5.74, 6) is 0. The summed E-state index contributed by atoms with van der Waals surface area (Å²) in [4.78, 5) is 12.4. The quantitative estimate of drug-likeness (QED) is 0.608. The molecule has 90 valence electrons. The van der Waals surface area contributed by atoms with E-state index in [1.54, 1.807) is 12.1 Å². The van der Waals surface area contributed by atoms with E-state index < -0.39 is 0 Å². The van der Waals surface area contributed by atoms with Crippen molar-refractivity contribution in [2.75, 3.05) is 6.54 Å². The first-order chi connectivity index (χ1) is 8.13. The zero-order chi connectivity index (χ0) is 12.8. The molecule has 0 spiro atoms. The highest BCUT2D eigenvalue weighted by atomic mass is 35.5. The fourth-order valence-corrected chi connectivity index (χ4v) is 1.99. The Bertz CT molecular complexity index is 443. The standard InChI is InChI=1S/C12H12Cl2N2O/c1-2-12(16(8-17)6-5-15)9-3-4-10(13)11(14)7-9/h3-4,7-8,12H,2,6H2,1H3. The van der Waals surface area contributed by atoms with Crippen LogP contribution >= 0.6 is 23.2 Å². The number of benzene rings is 1. The second-order valence-corrected chi connectivity index (χ2v) is 4.35. The maximum atomic E-state index is 10.9. The van der Waals surface area contributed by atoms with E-state index in [2.05, 4.69) is 0 Å². The Morgan fingerprint density at radius 3 is 2.65 bits per heavy atom. The van der Waals surface area contributed by atoms with E-state index in [-0.39, 0.29) is 12.6 Å². The van der Waals surface area contributed by atoms with Crippen LogP contribution in [0.2, 0.25) is 10.0 Å². The van der Waals surface area contributed by atoms with Crippen LogP contribution in [-0.4, -0.2) is 17.9 Å². The van der Waals surface area contributed by atoms with Crippen molar-refractivity contribution in [3.63, 3.8) is 0 Å². The van der Waals surface area contributed by atoms with Crippen LogP contribution in [0.5, 0.6) is 0 Å². The molecule has 5 heteroatoms. The van der Waals surface area contributed by atoms with Gasteiger partial charge < -0.3 is 4.90 Å². The first-order valence-electron chi connectivity index (χ1n) is 5.17. The Morgan fingerprint density at radius 2 is 2.18 bits per heavy atom. The van der Waals surface area contributed by atoms with Crippen LogP contribution < -0.4 is 0 Å². The summed E-state index contributed by atoms with van der Waals surface area (Å²) in [6.07, 6.45) is 1.39. The van der Waals surface area contributed by atoms with Gasteiger partial charge in [0.05, 0.1) is 22.2 Å². The number of nitriles is 1. The average molecular weight is 271 g/mol. The predicted octanol–water partition coefficient (Wildman–Crippen LogP) is 3.43. The smallest absolute Gasteiger partial charge is 0.211 e. The first-order valence-corrected chi connectivity index (χ1v) is 5.92. The van der Waals surface area contributed by atoms with Crippen molar-refractivity contribution < 1.29 is 4.79 Å². The van der Waals surface area contributed by atoms with Crippen LogP contribution in [0.3, 0.4) is 0 Å². The van der Waals surface area contributed by atoms with Gasteiger partial charge in [0.15, 0.2) is 0 Å². The van der Waals surface area contributed by atoms with Crippen molar-refractivity contribution in [3.8, 4) is 6.07 Å². The molecule has 0 aliphatic carbocycles. The molecule has 1 rings (SSSR count). The van der Waals surface area contributed by atoms with Gasteiger partial charge >= 0.3 is 0 Å². The van der Waals surface area contributed by atoms with E-state index in [9.17, 15) is 4.79 Å². The summed E-state index contributed by atoms with van der Waals surface area (Å²) in [5.41, 5.74) is 0.879. The molecular weight excluding hydrogens is 259 g/mol. The molecule has 1 unspecified atom stereocenters. The lowest BCUT2D eigenvalue weighted by Crippen LogP contribution is -2.27. The summed E-state index contributed by atoms with van der Waals surface area (Å²) in [7, 11) is 0. The van der Waals surface area contributed by atoms with Crippen molar-refractivity contribution in [2.45, 2.75) is 19.4 Å². The van der Waals surface area contributed by atoms with E-state index in [1.165, 1.54) is 4.90 Å². The summed E-state index contributed by atoms with van der Waals surface area (Å²) in [6.45, 7) is 2.00. The van der Waals surface area contributed by atoms with Gasteiger partial charge in [-0.2, -0.15) is 5.26 Å². The monoisotopic (exact) mass is 270 g/mol. The van der Waals surface area contributed by atoms with Crippen molar-refractivity contribution in [1.82, 2.24) is 4.90 Å². The number of hydrogen-bond donors (Lipinski definition) is 0. The maximum Gasteiger partial charge on any atom is 0.211 e. The molecule has 3 nitrogen and oxygen atoms in total. The molecule has 0 saturated carbocycles. The van der Waals surface area contributed by atoms with Gasteiger partial charge in [0, 0.05) is 0 Å². The second kappa shape index (κ2) is 6.48. The summed E-state index contributed by atoms with van der Waals surface area (Å²) in [6, 6.07) is 7.05. The van der Waals surface area contributed by atoms with Gasteiger partial charge in [0.2, 0.25) is 6.41 Å². The van der Waals surface area contributed by atoms with Crippen LogP contribution in [0.1, 0.15) is 24.9 Å². The molecule has 0 heterocycles. The van der Waals surface area contributed by atoms with E-state index in [0.29, 0.717) is 22.9 Å². The van der Waals surface area contributed by atoms with Gasteiger partial charge in [0.1, 0.15) is 6.54 Å². The van der Waals surface area contributed by atoms with Crippen LogP contribution in [0.25, 0.3) is 0 Å². The van der Waals surface area contributed by atoms with Crippen LogP contribution in [0.15, 0.2) is 18.2 Å². The summed E-state index contributed by atoms with van der Waals surface area (Å²) < 4.78 is 0. The van der Waals surface area contributed by atoms with E-state index in [1.807, 2.05) is 19.1 Å². The lowest BCUT2D eigenvalue weighted by atomic mass is 10.0. The third-order valence-electron chi connectivity index (χ3n) is 2.50. The minimum atomic E-state index is -0.151. The van der Waals surface area contributed by atoms with Gasteiger partial charge in [-0.1, -0.05) is 36.2 Å². The van der Waals surface area contributed by atoms with Gasteiger partial charge in [0.25, 0.3) is 0 Å².